The van der Waals surface area contributed by atoms with Crippen LogP contribution in [0.25, 0.3) is 5.69 Å². The van der Waals surface area contributed by atoms with Crippen LogP contribution in [0.2, 0.25) is 5.02 Å². The molecule has 2 heterocycles. The highest BCUT2D eigenvalue weighted by molar-refractivity contribution is 7.99. The van der Waals surface area contributed by atoms with E-state index in [1.165, 1.54) is 24.0 Å². The minimum absolute atomic E-state index is 0.0723. The molecule has 0 saturated heterocycles. The van der Waals surface area contributed by atoms with Gasteiger partial charge in [0.1, 0.15) is 0 Å². The molecule has 0 unspecified atom stereocenters. The molecular weight excluding hydrogens is 360 g/mol. The van der Waals surface area contributed by atoms with E-state index >= 15 is 0 Å². The van der Waals surface area contributed by atoms with E-state index in [2.05, 4.69) is 15.3 Å². The summed E-state index contributed by atoms with van der Waals surface area (Å²) in [5.74, 6) is -0.0810. The number of thioether (sulfide) groups is 1. The summed E-state index contributed by atoms with van der Waals surface area (Å²) < 4.78 is 1.89. The molecule has 1 aromatic carbocycles. The molecule has 1 amide bonds. The highest BCUT2D eigenvalue weighted by Crippen LogP contribution is 2.27. The Hall–Kier alpha value is -2.51. The van der Waals surface area contributed by atoms with Crippen LogP contribution >= 0.6 is 23.4 Å². The van der Waals surface area contributed by atoms with Crippen LogP contribution in [0.1, 0.15) is 5.56 Å². The second-order valence-corrected chi connectivity index (χ2v) is 6.52. The first-order valence-corrected chi connectivity index (χ1v) is 8.78. The smallest absolute Gasteiger partial charge is 0.236 e. The molecule has 2 N–H and O–H groups in total. The van der Waals surface area contributed by atoms with Crippen LogP contribution in [0.15, 0.2) is 54.1 Å². The topological polar surface area (TPSA) is 80.0 Å². The van der Waals surface area contributed by atoms with Gasteiger partial charge in [0.2, 0.25) is 5.91 Å². The van der Waals surface area contributed by atoms with Crippen LogP contribution in [0.5, 0.6) is 5.75 Å². The molecule has 0 aliphatic rings. The van der Waals surface area contributed by atoms with Gasteiger partial charge in [-0.15, -0.1) is 0 Å². The van der Waals surface area contributed by atoms with Crippen LogP contribution < -0.4 is 5.32 Å². The molecule has 0 saturated carbocycles. The summed E-state index contributed by atoms with van der Waals surface area (Å²) in [5, 5.41) is 13.6. The third-order valence-electron chi connectivity index (χ3n) is 3.48. The number of benzene rings is 1. The van der Waals surface area contributed by atoms with E-state index in [9.17, 15) is 9.90 Å². The number of nitrogens with zero attached hydrogens (tertiary/aromatic N) is 3. The highest BCUT2D eigenvalue weighted by Gasteiger charge is 2.13. The van der Waals surface area contributed by atoms with Crippen molar-refractivity contribution in [2.45, 2.75) is 12.1 Å². The maximum Gasteiger partial charge on any atom is 0.236 e. The van der Waals surface area contributed by atoms with Gasteiger partial charge in [-0.05, 0) is 36.8 Å². The van der Waals surface area contributed by atoms with Crippen LogP contribution in [0, 0.1) is 6.92 Å². The predicted octanol–water partition coefficient (Wildman–Crippen LogP) is 3.67. The number of rotatable bonds is 5. The van der Waals surface area contributed by atoms with E-state index in [0.717, 1.165) is 11.3 Å². The summed E-state index contributed by atoms with van der Waals surface area (Å²) in [6.45, 7) is 1.93. The molecule has 0 fully saturated rings. The largest absolute Gasteiger partial charge is 0.504 e. The van der Waals surface area contributed by atoms with Crippen molar-refractivity contribution in [2.75, 3.05) is 11.1 Å². The Balaban J connectivity index is 1.71. The Labute approximate surface area is 153 Å². The molecule has 8 heteroatoms. The second-order valence-electron chi connectivity index (χ2n) is 5.17. The average molecular weight is 375 g/mol. The Bertz CT molecular complexity index is 913. The van der Waals surface area contributed by atoms with Crippen molar-refractivity contribution < 1.29 is 9.90 Å². The number of carbonyl (C=O) groups is 1. The summed E-state index contributed by atoms with van der Waals surface area (Å²) in [7, 11) is 0. The van der Waals surface area contributed by atoms with Crippen molar-refractivity contribution in [3.05, 3.63) is 59.5 Å². The van der Waals surface area contributed by atoms with E-state index in [1.807, 2.05) is 35.9 Å². The van der Waals surface area contributed by atoms with Gasteiger partial charge in [-0.2, -0.15) is 0 Å². The van der Waals surface area contributed by atoms with Crippen molar-refractivity contribution in [3.63, 3.8) is 0 Å². The third kappa shape index (κ3) is 3.94. The Kier molecular flexibility index (Phi) is 5.25. The number of halogens is 1. The zero-order chi connectivity index (χ0) is 17.8. The van der Waals surface area contributed by atoms with E-state index in [0.29, 0.717) is 10.2 Å². The summed E-state index contributed by atoms with van der Waals surface area (Å²) in [6.07, 6.45) is 4.99. The molecule has 2 aromatic heterocycles. The van der Waals surface area contributed by atoms with Gasteiger partial charge < -0.3 is 10.4 Å². The highest BCUT2D eigenvalue weighted by atomic mass is 35.5. The number of amides is 1. The lowest BCUT2D eigenvalue weighted by atomic mass is 10.2. The number of hydrogen-bond acceptors (Lipinski definition) is 5. The van der Waals surface area contributed by atoms with Crippen LogP contribution in [0.4, 0.5) is 5.82 Å². The maximum absolute atomic E-state index is 12.1. The van der Waals surface area contributed by atoms with Crippen LogP contribution in [0.3, 0.4) is 0 Å². The summed E-state index contributed by atoms with van der Waals surface area (Å²) in [6, 6.07) is 8.69. The SMILES string of the molecule is Cc1c(Cl)cccc1-n1ccnc1SCC(=O)Nc1ncccc1O. The molecule has 0 aliphatic heterocycles. The first-order chi connectivity index (χ1) is 12.1. The standard InChI is InChI=1S/C17H15ClN4O2S/c1-11-12(18)4-2-5-13(11)22-9-8-20-17(22)25-10-15(24)21-16-14(23)6-3-7-19-16/h2-9,23H,10H2,1H3,(H,19,21,24). The zero-order valence-corrected chi connectivity index (χ0v) is 14.9. The maximum atomic E-state index is 12.1. The number of imidazole rings is 1. The van der Waals surface area contributed by atoms with Gasteiger partial charge in [0.05, 0.1) is 11.4 Å². The molecule has 0 aliphatic carbocycles. The fraction of sp³-hybridized carbons (Fsp3) is 0.118. The minimum atomic E-state index is -0.281. The van der Waals surface area contributed by atoms with Gasteiger partial charge >= 0.3 is 0 Å². The molecular formula is C17H15ClN4O2S. The normalized spacial score (nSPS) is 10.6. The molecule has 128 valence electrons. The summed E-state index contributed by atoms with van der Waals surface area (Å²) >= 11 is 7.46. The average Bonchev–Trinajstić information content (AvgIpc) is 3.06. The molecule has 3 rings (SSSR count). The van der Waals surface area contributed by atoms with Gasteiger partial charge in [-0.3, -0.25) is 9.36 Å². The first kappa shape index (κ1) is 17.3. The van der Waals surface area contributed by atoms with Gasteiger partial charge in [0, 0.05) is 23.6 Å². The van der Waals surface area contributed by atoms with E-state index < -0.39 is 0 Å². The van der Waals surface area contributed by atoms with Crippen molar-refractivity contribution in [3.8, 4) is 11.4 Å². The number of hydrogen-bond donors (Lipinski definition) is 2. The zero-order valence-electron chi connectivity index (χ0n) is 13.3. The summed E-state index contributed by atoms with van der Waals surface area (Å²) in [4.78, 5) is 20.3. The lowest BCUT2D eigenvalue weighted by Gasteiger charge is -2.11. The molecule has 0 atom stereocenters. The van der Waals surface area contributed by atoms with E-state index in [1.54, 1.807) is 12.3 Å². The number of aromatic hydroxyl groups is 1. The first-order valence-electron chi connectivity index (χ1n) is 7.41. The van der Waals surface area contributed by atoms with Crippen molar-refractivity contribution in [1.82, 2.24) is 14.5 Å². The monoisotopic (exact) mass is 374 g/mol. The molecule has 6 nitrogen and oxygen atoms in total. The van der Waals surface area contributed by atoms with E-state index in [4.69, 9.17) is 11.6 Å². The molecule has 0 spiro atoms. The molecule has 25 heavy (non-hydrogen) atoms. The number of carbonyl (C=O) groups excluding carboxylic acids is 1. The Morgan fingerprint density at radius 2 is 2.12 bits per heavy atom. The van der Waals surface area contributed by atoms with Gasteiger partial charge in [0.15, 0.2) is 16.7 Å². The molecule has 0 radical (unpaired) electrons. The lowest BCUT2D eigenvalue weighted by molar-refractivity contribution is -0.113. The molecule has 0 bridgehead atoms. The van der Waals surface area contributed by atoms with E-state index in [-0.39, 0.29) is 23.2 Å². The third-order valence-corrected chi connectivity index (χ3v) is 4.86. The van der Waals surface area contributed by atoms with Gasteiger partial charge in [-0.25, -0.2) is 9.97 Å². The fourth-order valence-electron chi connectivity index (χ4n) is 2.23. The Morgan fingerprint density at radius 1 is 1.28 bits per heavy atom. The van der Waals surface area contributed by atoms with Crippen molar-refractivity contribution in [1.29, 1.82) is 0 Å². The van der Waals surface area contributed by atoms with Crippen molar-refractivity contribution >= 4 is 35.1 Å². The van der Waals surface area contributed by atoms with Gasteiger partial charge in [0.25, 0.3) is 0 Å². The summed E-state index contributed by atoms with van der Waals surface area (Å²) in [5.41, 5.74) is 1.85. The van der Waals surface area contributed by atoms with Crippen molar-refractivity contribution in [2.24, 2.45) is 0 Å². The number of pyridine rings is 1. The second kappa shape index (κ2) is 7.58. The van der Waals surface area contributed by atoms with Crippen LogP contribution in [-0.2, 0) is 4.79 Å². The number of anilines is 1. The minimum Gasteiger partial charge on any atom is -0.504 e. The quantitative estimate of drug-likeness (QED) is 0.666. The fourth-order valence-corrected chi connectivity index (χ4v) is 3.16. The Morgan fingerprint density at radius 3 is 2.92 bits per heavy atom. The molecule has 3 aromatic rings. The van der Waals surface area contributed by atoms with Crippen LogP contribution in [-0.4, -0.2) is 31.3 Å². The number of nitrogens with one attached hydrogen (secondary N) is 1. The predicted molar refractivity (Wildman–Crippen MR) is 98.6 cm³/mol. The number of aromatic nitrogens is 3. The lowest BCUT2D eigenvalue weighted by Crippen LogP contribution is -2.15. The van der Waals surface area contributed by atoms with Gasteiger partial charge in [-0.1, -0.05) is 29.4 Å².